The normalized spacial score (nSPS) is 10.4. The number of pyridine rings is 1. The Morgan fingerprint density at radius 2 is 2.24 bits per heavy atom. The minimum atomic E-state index is -0.452. The van der Waals surface area contributed by atoms with E-state index in [0.29, 0.717) is 5.82 Å². The number of hydrogen-bond acceptors (Lipinski definition) is 5. The van der Waals surface area contributed by atoms with E-state index >= 15 is 0 Å². The molecule has 0 saturated heterocycles. The van der Waals surface area contributed by atoms with Crippen LogP contribution in [-0.2, 0) is 0 Å². The Balaban J connectivity index is 2.96. The molecule has 0 spiro atoms. The lowest BCUT2D eigenvalue weighted by Crippen LogP contribution is -2.09. The van der Waals surface area contributed by atoms with E-state index in [0.717, 1.165) is 13.0 Å². The van der Waals surface area contributed by atoms with Crippen molar-refractivity contribution in [2.75, 3.05) is 11.9 Å². The highest BCUT2D eigenvalue weighted by Gasteiger charge is 2.12. The monoisotopic (exact) mass is 239 g/mol. The van der Waals surface area contributed by atoms with Crippen LogP contribution in [0, 0.1) is 10.1 Å². The van der Waals surface area contributed by atoms with Gasteiger partial charge in [0.2, 0.25) is 5.88 Å². The predicted molar refractivity (Wildman–Crippen MR) is 65.4 cm³/mol. The number of ether oxygens (including phenoxy) is 1. The maximum atomic E-state index is 10.8. The summed E-state index contributed by atoms with van der Waals surface area (Å²) in [5.41, 5.74) is -0.0192. The third-order valence-corrected chi connectivity index (χ3v) is 1.91. The minimum Gasteiger partial charge on any atom is -0.475 e. The second kappa shape index (κ2) is 6.03. The molecule has 0 aliphatic rings. The molecular formula is C11H17N3O3. The van der Waals surface area contributed by atoms with Crippen LogP contribution in [0.15, 0.2) is 12.1 Å². The van der Waals surface area contributed by atoms with Crippen LogP contribution in [-0.4, -0.2) is 22.6 Å². The molecule has 0 fully saturated rings. The van der Waals surface area contributed by atoms with Crippen LogP contribution in [0.1, 0.15) is 27.2 Å². The number of rotatable bonds is 6. The van der Waals surface area contributed by atoms with Gasteiger partial charge in [0.1, 0.15) is 5.82 Å². The Hall–Kier alpha value is -1.85. The molecule has 0 aliphatic carbocycles. The average molecular weight is 239 g/mol. The average Bonchev–Trinajstić information content (AvgIpc) is 2.25. The summed E-state index contributed by atoms with van der Waals surface area (Å²) >= 11 is 0. The van der Waals surface area contributed by atoms with Crippen LogP contribution in [0.5, 0.6) is 5.88 Å². The summed E-state index contributed by atoms with van der Waals surface area (Å²) in [6.07, 6.45) is 0.855. The van der Waals surface area contributed by atoms with E-state index in [1.165, 1.54) is 12.1 Å². The van der Waals surface area contributed by atoms with Crippen LogP contribution >= 0.6 is 0 Å². The van der Waals surface area contributed by atoms with Crippen LogP contribution in [0.2, 0.25) is 0 Å². The number of aromatic nitrogens is 1. The van der Waals surface area contributed by atoms with Crippen molar-refractivity contribution in [2.24, 2.45) is 0 Å². The zero-order valence-corrected chi connectivity index (χ0v) is 10.3. The molecule has 6 nitrogen and oxygen atoms in total. The Morgan fingerprint density at radius 3 is 2.76 bits per heavy atom. The van der Waals surface area contributed by atoms with E-state index in [1.807, 2.05) is 20.8 Å². The van der Waals surface area contributed by atoms with Crippen LogP contribution < -0.4 is 10.1 Å². The molecule has 0 saturated carbocycles. The van der Waals surface area contributed by atoms with Gasteiger partial charge in [0.05, 0.1) is 23.2 Å². The highest BCUT2D eigenvalue weighted by atomic mass is 16.6. The molecule has 0 amide bonds. The topological polar surface area (TPSA) is 77.3 Å². The van der Waals surface area contributed by atoms with E-state index < -0.39 is 4.92 Å². The molecule has 0 bridgehead atoms. The van der Waals surface area contributed by atoms with E-state index in [2.05, 4.69) is 10.3 Å². The van der Waals surface area contributed by atoms with Gasteiger partial charge in [-0.15, -0.1) is 0 Å². The van der Waals surface area contributed by atoms with Gasteiger partial charge in [0, 0.05) is 6.54 Å². The van der Waals surface area contributed by atoms with Gasteiger partial charge in [0.25, 0.3) is 5.69 Å². The van der Waals surface area contributed by atoms with E-state index in [4.69, 9.17) is 4.74 Å². The van der Waals surface area contributed by atoms with Gasteiger partial charge in [-0.1, -0.05) is 6.92 Å². The fourth-order valence-corrected chi connectivity index (χ4v) is 1.24. The molecule has 0 radical (unpaired) electrons. The first-order chi connectivity index (χ1) is 8.02. The SMILES string of the molecule is CCCNc1cc([N+](=O)[O-])cc(OC(C)C)n1. The second-order valence-corrected chi connectivity index (χ2v) is 3.90. The molecule has 0 aliphatic heterocycles. The molecule has 17 heavy (non-hydrogen) atoms. The molecule has 1 aromatic rings. The van der Waals surface area contributed by atoms with E-state index in [1.54, 1.807) is 0 Å². The predicted octanol–water partition coefficient (Wildman–Crippen LogP) is 2.60. The summed E-state index contributed by atoms with van der Waals surface area (Å²) in [7, 11) is 0. The summed E-state index contributed by atoms with van der Waals surface area (Å²) in [6.45, 7) is 6.42. The molecule has 1 aromatic heterocycles. The number of nitrogens with one attached hydrogen (secondary N) is 1. The Bertz CT molecular complexity index is 394. The third-order valence-electron chi connectivity index (χ3n) is 1.91. The first-order valence-corrected chi connectivity index (χ1v) is 5.60. The van der Waals surface area contributed by atoms with Crippen LogP contribution in [0.3, 0.4) is 0 Å². The Kier molecular flexibility index (Phi) is 4.68. The van der Waals surface area contributed by atoms with Gasteiger partial charge in [-0.25, -0.2) is 0 Å². The molecule has 0 unspecified atom stereocenters. The largest absolute Gasteiger partial charge is 0.475 e. The zero-order valence-electron chi connectivity index (χ0n) is 10.3. The maximum absolute atomic E-state index is 10.8. The smallest absolute Gasteiger partial charge is 0.278 e. The first kappa shape index (κ1) is 13.2. The zero-order chi connectivity index (χ0) is 12.8. The van der Waals surface area contributed by atoms with Crippen molar-refractivity contribution in [2.45, 2.75) is 33.3 Å². The van der Waals surface area contributed by atoms with Gasteiger partial charge in [-0.05, 0) is 20.3 Å². The standard InChI is InChI=1S/C11H17N3O3/c1-4-5-12-10-6-9(14(15)16)7-11(13-10)17-8(2)3/h6-8H,4-5H2,1-3H3,(H,12,13). The highest BCUT2D eigenvalue weighted by molar-refractivity contribution is 5.48. The van der Waals surface area contributed by atoms with Crippen LogP contribution in [0.25, 0.3) is 0 Å². The number of hydrogen-bond donors (Lipinski definition) is 1. The Labute approximate surface area is 100 Å². The van der Waals surface area contributed by atoms with Gasteiger partial charge >= 0.3 is 0 Å². The van der Waals surface area contributed by atoms with Crippen molar-refractivity contribution in [3.05, 3.63) is 22.2 Å². The summed E-state index contributed by atoms with van der Waals surface area (Å²) in [4.78, 5) is 14.5. The number of nitro groups is 1. The molecule has 94 valence electrons. The lowest BCUT2D eigenvalue weighted by molar-refractivity contribution is -0.384. The van der Waals surface area contributed by atoms with Crippen molar-refractivity contribution >= 4 is 11.5 Å². The van der Waals surface area contributed by atoms with Gasteiger partial charge in [-0.3, -0.25) is 10.1 Å². The maximum Gasteiger partial charge on any atom is 0.278 e. The fourth-order valence-electron chi connectivity index (χ4n) is 1.24. The summed E-state index contributed by atoms with van der Waals surface area (Å²) < 4.78 is 5.37. The van der Waals surface area contributed by atoms with Crippen molar-refractivity contribution in [1.29, 1.82) is 0 Å². The number of nitrogens with zero attached hydrogens (tertiary/aromatic N) is 2. The summed E-state index contributed by atoms with van der Waals surface area (Å²) in [5.74, 6) is 0.740. The number of anilines is 1. The van der Waals surface area contributed by atoms with Crippen molar-refractivity contribution in [1.82, 2.24) is 4.98 Å². The molecule has 0 atom stereocenters. The lowest BCUT2D eigenvalue weighted by atomic mass is 10.3. The minimum absolute atomic E-state index is 0.0192. The molecule has 1 N–H and O–H groups in total. The Morgan fingerprint density at radius 1 is 1.53 bits per heavy atom. The van der Waals surface area contributed by atoms with Crippen LogP contribution in [0.4, 0.5) is 11.5 Å². The van der Waals surface area contributed by atoms with E-state index in [-0.39, 0.29) is 17.7 Å². The second-order valence-electron chi connectivity index (χ2n) is 3.90. The molecule has 1 rings (SSSR count). The molecule has 0 aromatic carbocycles. The van der Waals surface area contributed by atoms with Crippen molar-refractivity contribution in [3.8, 4) is 5.88 Å². The third kappa shape index (κ3) is 4.26. The van der Waals surface area contributed by atoms with E-state index in [9.17, 15) is 10.1 Å². The highest BCUT2D eigenvalue weighted by Crippen LogP contribution is 2.22. The van der Waals surface area contributed by atoms with Crippen molar-refractivity contribution in [3.63, 3.8) is 0 Å². The van der Waals surface area contributed by atoms with Gasteiger partial charge < -0.3 is 10.1 Å². The molecule has 1 heterocycles. The van der Waals surface area contributed by atoms with Gasteiger partial charge in [-0.2, -0.15) is 4.98 Å². The quantitative estimate of drug-likeness (QED) is 0.609. The fraction of sp³-hybridized carbons (Fsp3) is 0.545. The molecule has 6 heteroatoms. The summed E-state index contributed by atoms with van der Waals surface area (Å²) in [6, 6.07) is 2.74. The van der Waals surface area contributed by atoms with Gasteiger partial charge in [0.15, 0.2) is 0 Å². The molecular weight excluding hydrogens is 222 g/mol. The summed E-state index contributed by atoms with van der Waals surface area (Å²) in [5, 5.41) is 13.8. The van der Waals surface area contributed by atoms with Crippen molar-refractivity contribution < 1.29 is 9.66 Å². The first-order valence-electron chi connectivity index (χ1n) is 5.60. The lowest BCUT2D eigenvalue weighted by Gasteiger charge is -2.10.